The third kappa shape index (κ3) is 4.72. The molecule has 2 heterocycles. The van der Waals surface area contributed by atoms with E-state index in [4.69, 9.17) is 4.74 Å². The second kappa shape index (κ2) is 8.45. The molecule has 1 aromatic carbocycles. The average molecular weight is 402 g/mol. The minimum Gasteiger partial charge on any atom is -0.497 e. The Morgan fingerprint density at radius 2 is 1.83 bits per heavy atom. The molecule has 158 valence electrons. The van der Waals surface area contributed by atoms with Gasteiger partial charge in [0.05, 0.1) is 12.6 Å². The van der Waals surface area contributed by atoms with Gasteiger partial charge < -0.3 is 24.2 Å². The van der Waals surface area contributed by atoms with Gasteiger partial charge in [0, 0.05) is 49.9 Å². The number of rotatable bonds is 5. The Morgan fingerprint density at radius 1 is 1.17 bits per heavy atom. The molecular formula is C22H31N3O4. The molecule has 1 aliphatic heterocycles. The number of hydrogen-bond donors (Lipinski definition) is 1. The molecule has 0 bridgehead atoms. The Balaban J connectivity index is 1.67. The van der Waals surface area contributed by atoms with Crippen LogP contribution >= 0.6 is 0 Å². The summed E-state index contributed by atoms with van der Waals surface area (Å²) >= 11 is 0. The zero-order chi connectivity index (χ0) is 21.2. The molecule has 0 atom stereocenters. The molecule has 0 radical (unpaired) electrons. The highest BCUT2D eigenvalue weighted by Gasteiger charge is 2.35. The van der Waals surface area contributed by atoms with Crippen molar-refractivity contribution < 1.29 is 14.6 Å². The first-order valence-corrected chi connectivity index (χ1v) is 10.1. The van der Waals surface area contributed by atoms with E-state index in [9.17, 15) is 14.7 Å². The van der Waals surface area contributed by atoms with Gasteiger partial charge in [0.25, 0.3) is 5.56 Å². The van der Waals surface area contributed by atoms with Crippen molar-refractivity contribution in [3.05, 3.63) is 40.7 Å². The summed E-state index contributed by atoms with van der Waals surface area (Å²) in [5, 5.41) is 10.6. The van der Waals surface area contributed by atoms with Crippen LogP contribution in [0.5, 0.6) is 5.75 Å². The Hall–Kier alpha value is -2.54. The van der Waals surface area contributed by atoms with E-state index in [0.717, 1.165) is 49.1 Å². The number of carboxylic acid groups (broad SMARTS) is 1. The van der Waals surface area contributed by atoms with Gasteiger partial charge in [-0.15, -0.1) is 0 Å². The van der Waals surface area contributed by atoms with Gasteiger partial charge in [0.1, 0.15) is 5.75 Å². The van der Waals surface area contributed by atoms with Crippen LogP contribution in [0.1, 0.15) is 33.6 Å². The van der Waals surface area contributed by atoms with Crippen LogP contribution in [0.3, 0.4) is 0 Å². The summed E-state index contributed by atoms with van der Waals surface area (Å²) < 4.78 is 7.11. The van der Waals surface area contributed by atoms with Gasteiger partial charge in [-0.3, -0.25) is 4.79 Å². The van der Waals surface area contributed by atoms with Crippen LogP contribution in [0.15, 0.2) is 35.1 Å². The summed E-state index contributed by atoms with van der Waals surface area (Å²) in [5.74, 6) is 0.730. The molecule has 0 unspecified atom stereocenters. The van der Waals surface area contributed by atoms with Crippen molar-refractivity contribution >= 4 is 17.0 Å². The van der Waals surface area contributed by atoms with E-state index in [1.807, 2.05) is 45.0 Å². The maximum atomic E-state index is 12.5. The molecule has 1 aliphatic rings. The van der Waals surface area contributed by atoms with E-state index in [-0.39, 0.29) is 11.6 Å². The molecule has 7 heteroatoms. The predicted octanol–water partition coefficient (Wildman–Crippen LogP) is 3.25. The molecule has 0 saturated carbocycles. The fraction of sp³-hybridized carbons (Fsp3) is 0.545. The largest absolute Gasteiger partial charge is 0.497 e. The Kier molecular flexibility index (Phi) is 6.17. The number of piperidine rings is 1. The zero-order valence-corrected chi connectivity index (χ0v) is 17.7. The van der Waals surface area contributed by atoms with Gasteiger partial charge in [-0.1, -0.05) is 0 Å². The van der Waals surface area contributed by atoms with Crippen molar-refractivity contribution in [1.29, 1.82) is 0 Å². The lowest BCUT2D eigenvalue weighted by molar-refractivity contribution is 0.0417. The molecule has 3 rings (SSSR count). The summed E-state index contributed by atoms with van der Waals surface area (Å²) in [6, 6.07) is 9.24. The van der Waals surface area contributed by atoms with E-state index >= 15 is 0 Å². The number of benzene rings is 1. The quantitative estimate of drug-likeness (QED) is 0.832. The van der Waals surface area contributed by atoms with Crippen LogP contribution in [0.25, 0.3) is 10.9 Å². The lowest BCUT2D eigenvalue weighted by Gasteiger charge is -2.43. The zero-order valence-electron chi connectivity index (χ0n) is 17.7. The summed E-state index contributed by atoms with van der Waals surface area (Å²) in [6.45, 7) is 8.82. The highest BCUT2D eigenvalue weighted by Crippen LogP contribution is 2.25. The van der Waals surface area contributed by atoms with Crippen molar-refractivity contribution in [2.24, 2.45) is 0 Å². The Labute approximate surface area is 171 Å². The minimum absolute atomic E-state index is 0.0228. The molecule has 1 fully saturated rings. The van der Waals surface area contributed by atoms with E-state index < -0.39 is 11.6 Å². The van der Waals surface area contributed by atoms with Crippen molar-refractivity contribution in [3.8, 4) is 5.75 Å². The van der Waals surface area contributed by atoms with Crippen LogP contribution < -0.4 is 10.3 Å². The number of likely N-dealkylation sites (tertiary alicyclic amines) is 1. The lowest BCUT2D eigenvalue weighted by Crippen LogP contribution is -2.54. The van der Waals surface area contributed by atoms with E-state index in [2.05, 4.69) is 4.90 Å². The van der Waals surface area contributed by atoms with E-state index in [1.165, 1.54) is 0 Å². The first kappa shape index (κ1) is 21.2. The van der Waals surface area contributed by atoms with Crippen LogP contribution in [0.2, 0.25) is 0 Å². The Morgan fingerprint density at radius 3 is 2.41 bits per heavy atom. The monoisotopic (exact) mass is 401 g/mol. The second-order valence-corrected chi connectivity index (χ2v) is 8.64. The highest BCUT2D eigenvalue weighted by molar-refractivity contribution is 5.80. The van der Waals surface area contributed by atoms with Crippen LogP contribution in [0.4, 0.5) is 4.79 Å². The van der Waals surface area contributed by atoms with Crippen molar-refractivity contribution in [3.63, 3.8) is 0 Å². The van der Waals surface area contributed by atoms with Crippen molar-refractivity contribution in [2.75, 3.05) is 26.7 Å². The maximum absolute atomic E-state index is 12.5. The van der Waals surface area contributed by atoms with Gasteiger partial charge in [0.15, 0.2) is 0 Å². The van der Waals surface area contributed by atoms with Gasteiger partial charge in [0.2, 0.25) is 0 Å². The first-order chi connectivity index (χ1) is 13.7. The molecule has 1 aromatic heterocycles. The standard InChI is InChI=1S/C22H31N3O4/c1-22(2,3)25(21(27)28)17-9-11-23(12-10-17)13-14-24-19-15-18(29-4)7-5-16(19)6-8-20(24)26/h5-8,15,17H,9-14H2,1-4H3,(H,27,28). The van der Waals surface area contributed by atoms with Crippen LogP contribution in [0, 0.1) is 0 Å². The van der Waals surface area contributed by atoms with Crippen LogP contribution in [-0.4, -0.2) is 63.9 Å². The fourth-order valence-corrected chi connectivity index (χ4v) is 4.26. The fourth-order valence-electron chi connectivity index (χ4n) is 4.26. The van der Waals surface area contributed by atoms with Crippen molar-refractivity contribution in [2.45, 2.75) is 51.7 Å². The third-order valence-corrected chi connectivity index (χ3v) is 5.69. The molecule has 2 aromatic rings. The van der Waals surface area contributed by atoms with E-state index in [1.54, 1.807) is 22.6 Å². The summed E-state index contributed by atoms with van der Waals surface area (Å²) in [5.41, 5.74) is 0.440. The molecule has 1 amide bonds. The molecule has 0 aliphatic carbocycles. The lowest BCUT2D eigenvalue weighted by atomic mass is 9.97. The number of carbonyl (C=O) groups is 1. The molecule has 1 saturated heterocycles. The van der Waals surface area contributed by atoms with Crippen molar-refractivity contribution in [1.82, 2.24) is 14.4 Å². The molecule has 1 N–H and O–H groups in total. The van der Waals surface area contributed by atoms with Gasteiger partial charge >= 0.3 is 6.09 Å². The smallest absolute Gasteiger partial charge is 0.407 e. The first-order valence-electron chi connectivity index (χ1n) is 10.1. The second-order valence-electron chi connectivity index (χ2n) is 8.64. The summed E-state index contributed by atoms with van der Waals surface area (Å²) in [6.07, 6.45) is 0.760. The van der Waals surface area contributed by atoms with Gasteiger partial charge in [-0.05, 0) is 57.2 Å². The number of hydrogen-bond acceptors (Lipinski definition) is 4. The molecule has 0 spiro atoms. The SMILES string of the molecule is COc1ccc2ccc(=O)n(CCN3CCC(N(C(=O)O)C(C)(C)C)CC3)c2c1. The molecule has 7 nitrogen and oxygen atoms in total. The van der Waals surface area contributed by atoms with Crippen LogP contribution in [-0.2, 0) is 6.54 Å². The van der Waals surface area contributed by atoms with Gasteiger partial charge in [-0.2, -0.15) is 0 Å². The molecule has 29 heavy (non-hydrogen) atoms. The normalized spacial score (nSPS) is 16.1. The minimum atomic E-state index is -0.854. The number of pyridine rings is 1. The third-order valence-electron chi connectivity index (χ3n) is 5.69. The van der Waals surface area contributed by atoms with E-state index in [0.29, 0.717) is 6.54 Å². The topological polar surface area (TPSA) is 75.0 Å². The number of amides is 1. The Bertz CT molecular complexity index is 924. The number of aromatic nitrogens is 1. The predicted molar refractivity (Wildman–Crippen MR) is 114 cm³/mol. The maximum Gasteiger partial charge on any atom is 0.407 e. The summed E-state index contributed by atoms with van der Waals surface area (Å²) in [4.78, 5) is 28.1. The number of methoxy groups -OCH3 is 1. The number of fused-ring (bicyclic) bond motifs is 1. The highest BCUT2D eigenvalue weighted by atomic mass is 16.5. The average Bonchev–Trinajstić information content (AvgIpc) is 2.66. The molecular weight excluding hydrogens is 370 g/mol. The number of nitrogens with zero attached hydrogens (tertiary/aromatic N) is 3. The van der Waals surface area contributed by atoms with Gasteiger partial charge in [-0.25, -0.2) is 4.79 Å². The summed E-state index contributed by atoms with van der Waals surface area (Å²) in [7, 11) is 1.62. The number of ether oxygens (including phenoxy) is 1.